The van der Waals surface area contributed by atoms with Crippen LogP contribution in [0, 0.1) is 5.92 Å². The highest BCUT2D eigenvalue weighted by Gasteiger charge is 2.29. The van der Waals surface area contributed by atoms with Crippen molar-refractivity contribution in [3.8, 4) is 0 Å². The Labute approximate surface area is 131 Å². The molecule has 21 heavy (non-hydrogen) atoms. The van der Waals surface area contributed by atoms with Crippen LogP contribution in [0.1, 0.15) is 37.9 Å². The summed E-state index contributed by atoms with van der Waals surface area (Å²) in [6, 6.07) is 0.192. The Hall–Kier alpha value is -0.620. The molecule has 0 aliphatic carbocycles. The van der Waals surface area contributed by atoms with E-state index in [9.17, 15) is 0 Å². The summed E-state index contributed by atoms with van der Waals surface area (Å²) in [6.45, 7) is 6.14. The highest BCUT2D eigenvalue weighted by molar-refractivity contribution is 6.31. The van der Waals surface area contributed by atoms with Crippen LogP contribution in [0.2, 0.25) is 5.02 Å². The fraction of sp³-hybridized carbons (Fsp3) is 0.800. The largest absolute Gasteiger partial charge is 0.383 e. The van der Waals surface area contributed by atoms with Gasteiger partial charge in [0, 0.05) is 19.6 Å². The first-order valence-corrected chi connectivity index (χ1v) is 8.17. The van der Waals surface area contributed by atoms with Gasteiger partial charge >= 0.3 is 0 Å². The minimum Gasteiger partial charge on any atom is -0.383 e. The molecule has 1 fully saturated rings. The molecule has 1 aromatic rings. The van der Waals surface area contributed by atoms with E-state index in [1.54, 1.807) is 13.3 Å². The molecule has 2 rings (SSSR count). The number of nitrogens with one attached hydrogen (secondary N) is 1. The van der Waals surface area contributed by atoms with E-state index in [0.717, 1.165) is 56.3 Å². The Morgan fingerprint density at radius 2 is 2.48 bits per heavy atom. The standard InChI is InChI=1S/C15H26ClN3O2/c1-3-6-17-14(12-5-4-8-21-11-12)15-13(16)10-18-19(15)7-9-20-2/h10,12,14,17H,3-9,11H2,1-2H3. The van der Waals surface area contributed by atoms with Gasteiger partial charge in [-0.05, 0) is 25.8 Å². The van der Waals surface area contributed by atoms with Crippen molar-refractivity contribution < 1.29 is 9.47 Å². The van der Waals surface area contributed by atoms with Gasteiger partial charge in [0.25, 0.3) is 0 Å². The first-order valence-electron chi connectivity index (χ1n) is 7.79. The van der Waals surface area contributed by atoms with E-state index >= 15 is 0 Å². The summed E-state index contributed by atoms with van der Waals surface area (Å²) in [5.41, 5.74) is 1.07. The van der Waals surface area contributed by atoms with Crippen molar-refractivity contribution in [2.75, 3.05) is 33.5 Å². The summed E-state index contributed by atoms with van der Waals surface area (Å²) in [7, 11) is 1.70. The SMILES string of the molecule is CCCNC(c1c(Cl)cnn1CCOC)C1CCCOC1. The lowest BCUT2D eigenvalue weighted by Gasteiger charge is -2.31. The third-order valence-corrected chi connectivity index (χ3v) is 4.21. The third-order valence-electron chi connectivity index (χ3n) is 3.92. The molecule has 2 heterocycles. The second-order valence-corrected chi connectivity index (χ2v) is 5.91. The Bertz CT molecular complexity index is 419. The van der Waals surface area contributed by atoms with Crippen LogP contribution in [0.4, 0.5) is 0 Å². The van der Waals surface area contributed by atoms with E-state index in [2.05, 4.69) is 17.3 Å². The van der Waals surface area contributed by atoms with E-state index in [4.69, 9.17) is 21.1 Å². The van der Waals surface area contributed by atoms with Crippen LogP contribution in [0.3, 0.4) is 0 Å². The van der Waals surface area contributed by atoms with Gasteiger partial charge in [0.05, 0.1) is 42.7 Å². The molecule has 2 atom stereocenters. The van der Waals surface area contributed by atoms with Gasteiger partial charge in [-0.1, -0.05) is 18.5 Å². The van der Waals surface area contributed by atoms with Crippen molar-refractivity contribution in [1.29, 1.82) is 0 Å². The number of nitrogens with zero attached hydrogens (tertiary/aromatic N) is 2. The molecule has 1 aliphatic heterocycles. The second-order valence-electron chi connectivity index (χ2n) is 5.50. The number of hydrogen-bond donors (Lipinski definition) is 1. The molecule has 0 saturated carbocycles. The quantitative estimate of drug-likeness (QED) is 0.801. The van der Waals surface area contributed by atoms with Crippen LogP contribution in [-0.4, -0.2) is 43.3 Å². The van der Waals surface area contributed by atoms with Crippen molar-refractivity contribution >= 4 is 11.6 Å². The number of halogens is 1. The first kappa shape index (κ1) is 16.7. The molecule has 6 heteroatoms. The highest BCUT2D eigenvalue weighted by Crippen LogP contribution is 2.33. The molecule has 0 spiro atoms. The van der Waals surface area contributed by atoms with Gasteiger partial charge in [-0.3, -0.25) is 4.68 Å². The maximum Gasteiger partial charge on any atom is 0.0834 e. The number of rotatable bonds is 8. The number of methoxy groups -OCH3 is 1. The van der Waals surface area contributed by atoms with Crippen molar-refractivity contribution in [3.63, 3.8) is 0 Å². The van der Waals surface area contributed by atoms with Crippen molar-refractivity contribution in [2.24, 2.45) is 5.92 Å². The summed E-state index contributed by atoms with van der Waals surface area (Å²) in [5.74, 6) is 0.445. The normalized spacial score (nSPS) is 20.6. The lowest BCUT2D eigenvalue weighted by molar-refractivity contribution is 0.0374. The zero-order chi connectivity index (χ0) is 15.1. The van der Waals surface area contributed by atoms with Gasteiger partial charge in [-0.15, -0.1) is 0 Å². The van der Waals surface area contributed by atoms with Crippen LogP contribution in [0.5, 0.6) is 0 Å². The second kappa shape index (κ2) is 8.73. The minimum atomic E-state index is 0.192. The number of aromatic nitrogens is 2. The summed E-state index contributed by atoms with van der Waals surface area (Å²) in [6.07, 6.45) is 5.09. The summed E-state index contributed by atoms with van der Waals surface area (Å²) < 4.78 is 12.8. The zero-order valence-electron chi connectivity index (χ0n) is 13.0. The molecule has 0 amide bonds. The van der Waals surface area contributed by atoms with E-state index in [0.29, 0.717) is 12.5 Å². The molecule has 120 valence electrons. The predicted molar refractivity (Wildman–Crippen MR) is 83.7 cm³/mol. The average molecular weight is 316 g/mol. The Morgan fingerprint density at radius 1 is 1.62 bits per heavy atom. The van der Waals surface area contributed by atoms with Crippen molar-refractivity contribution in [1.82, 2.24) is 15.1 Å². The molecule has 1 aromatic heterocycles. The molecule has 2 unspecified atom stereocenters. The molecule has 0 bridgehead atoms. The van der Waals surface area contributed by atoms with Crippen molar-refractivity contribution in [2.45, 2.75) is 38.8 Å². The Morgan fingerprint density at radius 3 is 3.14 bits per heavy atom. The third kappa shape index (κ3) is 4.42. The van der Waals surface area contributed by atoms with Gasteiger partial charge in [-0.25, -0.2) is 0 Å². The van der Waals surface area contributed by atoms with Crippen LogP contribution in [0.15, 0.2) is 6.20 Å². The van der Waals surface area contributed by atoms with Gasteiger partial charge in [0.15, 0.2) is 0 Å². The topological polar surface area (TPSA) is 48.3 Å². The Balaban J connectivity index is 2.19. The fourth-order valence-electron chi connectivity index (χ4n) is 2.85. The van der Waals surface area contributed by atoms with Gasteiger partial charge < -0.3 is 14.8 Å². The average Bonchev–Trinajstić information content (AvgIpc) is 2.88. The van der Waals surface area contributed by atoms with Crippen LogP contribution >= 0.6 is 11.6 Å². The van der Waals surface area contributed by atoms with Gasteiger partial charge in [-0.2, -0.15) is 5.10 Å². The first-order chi connectivity index (χ1) is 10.3. The Kier molecular flexibility index (Phi) is 6.96. The number of hydrogen-bond acceptors (Lipinski definition) is 4. The maximum absolute atomic E-state index is 6.41. The lowest BCUT2D eigenvalue weighted by atomic mass is 9.91. The summed E-state index contributed by atoms with van der Waals surface area (Å²) in [5, 5.41) is 8.76. The van der Waals surface area contributed by atoms with Crippen LogP contribution in [0.25, 0.3) is 0 Å². The van der Waals surface area contributed by atoms with Gasteiger partial charge in [0.2, 0.25) is 0 Å². The molecule has 1 aliphatic rings. The maximum atomic E-state index is 6.41. The van der Waals surface area contributed by atoms with Crippen LogP contribution in [-0.2, 0) is 16.0 Å². The molecular weight excluding hydrogens is 290 g/mol. The fourth-order valence-corrected chi connectivity index (χ4v) is 3.11. The van der Waals surface area contributed by atoms with Crippen molar-refractivity contribution in [3.05, 3.63) is 16.9 Å². The summed E-state index contributed by atoms with van der Waals surface area (Å²) in [4.78, 5) is 0. The molecule has 5 nitrogen and oxygen atoms in total. The molecular formula is C15H26ClN3O2. The van der Waals surface area contributed by atoms with Gasteiger partial charge in [0.1, 0.15) is 0 Å². The van der Waals surface area contributed by atoms with E-state index in [1.165, 1.54) is 0 Å². The molecule has 0 aromatic carbocycles. The van der Waals surface area contributed by atoms with Crippen LogP contribution < -0.4 is 5.32 Å². The molecule has 1 N–H and O–H groups in total. The molecule has 0 radical (unpaired) electrons. The smallest absolute Gasteiger partial charge is 0.0834 e. The predicted octanol–water partition coefficient (Wildman–Crippen LogP) is 2.65. The highest BCUT2D eigenvalue weighted by atomic mass is 35.5. The zero-order valence-corrected chi connectivity index (χ0v) is 13.7. The monoisotopic (exact) mass is 315 g/mol. The lowest BCUT2D eigenvalue weighted by Crippen LogP contribution is -2.35. The summed E-state index contributed by atoms with van der Waals surface area (Å²) >= 11 is 6.41. The number of ether oxygens (including phenoxy) is 2. The minimum absolute atomic E-state index is 0.192. The van der Waals surface area contributed by atoms with E-state index < -0.39 is 0 Å². The molecule has 1 saturated heterocycles. The van der Waals surface area contributed by atoms with E-state index in [1.807, 2.05) is 4.68 Å². The van der Waals surface area contributed by atoms with E-state index in [-0.39, 0.29) is 6.04 Å².